The Hall–Kier alpha value is -3.34. The molecule has 0 unspecified atom stereocenters. The van der Waals surface area contributed by atoms with E-state index in [4.69, 9.17) is 9.47 Å². The van der Waals surface area contributed by atoms with E-state index >= 15 is 0 Å². The van der Waals surface area contributed by atoms with Crippen molar-refractivity contribution in [2.45, 2.75) is 46.6 Å². The molecule has 5 aliphatic rings. The Kier molecular flexibility index (Phi) is 5.64. The summed E-state index contributed by atoms with van der Waals surface area (Å²) >= 11 is 0.972. The summed E-state index contributed by atoms with van der Waals surface area (Å²) < 4.78 is 11.8. The van der Waals surface area contributed by atoms with Gasteiger partial charge in [0.05, 0.1) is 23.3 Å². The standard InChI is InChI=1S/C31H29NO5S/c1-16-5-6-19(17(2)9-16)21-13-31(29(35)38-8-7-32)22(20-11-26-28(27(20)21)37-15-36-26)12-24(33)23-10-18(3)25(34)14-30(23,31)4/h5-6,9-10,12-13,18,25,34H,8,11,14-15H2,1-4H3/t18-,25-,30-,31-/m0/s1. The summed E-state index contributed by atoms with van der Waals surface area (Å²) in [5, 5.41) is 20.2. The Bertz CT molecular complexity index is 1520. The molecule has 1 aromatic rings. The van der Waals surface area contributed by atoms with Gasteiger partial charge in [-0.1, -0.05) is 61.5 Å². The Morgan fingerprint density at radius 1 is 1.26 bits per heavy atom. The van der Waals surface area contributed by atoms with Crippen LogP contribution in [0.1, 0.15) is 43.4 Å². The van der Waals surface area contributed by atoms with Gasteiger partial charge in [-0.25, -0.2) is 0 Å². The molecule has 0 amide bonds. The number of carbonyl (C=O) groups excluding carboxylic acids is 2. The van der Waals surface area contributed by atoms with Gasteiger partial charge in [0.25, 0.3) is 0 Å². The number of aliphatic hydroxyl groups is 1. The van der Waals surface area contributed by atoms with E-state index in [1.807, 2.05) is 45.9 Å². The fraction of sp³-hybridized carbons (Fsp3) is 0.387. The maximum absolute atomic E-state index is 14.4. The van der Waals surface area contributed by atoms with Crippen LogP contribution < -0.4 is 0 Å². The fourth-order valence-electron chi connectivity index (χ4n) is 6.95. The minimum Gasteiger partial charge on any atom is -0.458 e. The van der Waals surface area contributed by atoms with Gasteiger partial charge in [-0.05, 0) is 54.2 Å². The lowest BCUT2D eigenvalue weighted by atomic mass is 9.47. The third-order valence-electron chi connectivity index (χ3n) is 8.86. The number of thioether (sulfide) groups is 1. The van der Waals surface area contributed by atoms with Crippen molar-refractivity contribution in [2.75, 3.05) is 12.5 Å². The second kappa shape index (κ2) is 8.59. The Morgan fingerprint density at radius 3 is 2.79 bits per heavy atom. The van der Waals surface area contributed by atoms with E-state index in [1.54, 1.807) is 6.08 Å². The summed E-state index contributed by atoms with van der Waals surface area (Å²) in [6.07, 6.45) is 5.40. The highest BCUT2D eigenvalue weighted by molar-refractivity contribution is 8.13. The zero-order chi connectivity index (χ0) is 27.0. The molecule has 6 rings (SSSR count). The maximum Gasteiger partial charge on any atom is 0.230 e. The van der Waals surface area contributed by atoms with Crippen molar-refractivity contribution >= 4 is 28.2 Å². The van der Waals surface area contributed by atoms with Gasteiger partial charge in [0.2, 0.25) is 11.9 Å². The largest absolute Gasteiger partial charge is 0.458 e. The van der Waals surface area contributed by atoms with Crippen LogP contribution in [0.2, 0.25) is 0 Å². The summed E-state index contributed by atoms with van der Waals surface area (Å²) in [5.41, 5.74) is 4.64. The molecule has 0 bridgehead atoms. The lowest BCUT2D eigenvalue weighted by molar-refractivity contribution is -0.123. The predicted molar refractivity (Wildman–Crippen MR) is 144 cm³/mol. The minimum atomic E-state index is -1.26. The van der Waals surface area contributed by atoms with Crippen LogP contribution in [0.4, 0.5) is 0 Å². The smallest absolute Gasteiger partial charge is 0.230 e. The monoisotopic (exact) mass is 527 g/mol. The first-order chi connectivity index (χ1) is 18.1. The highest BCUT2D eigenvalue weighted by Crippen LogP contribution is 2.67. The van der Waals surface area contributed by atoms with Gasteiger partial charge >= 0.3 is 0 Å². The Morgan fingerprint density at radius 2 is 2.05 bits per heavy atom. The van der Waals surface area contributed by atoms with E-state index in [2.05, 4.69) is 18.2 Å². The molecule has 1 N–H and O–H groups in total. The maximum atomic E-state index is 14.4. The number of allylic oxidation sites excluding steroid dienone is 6. The van der Waals surface area contributed by atoms with Crippen LogP contribution in [0.15, 0.2) is 70.2 Å². The van der Waals surface area contributed by atoms with Crippen molar-refractivity contribution in [1.82, 2.24) is 0 Å². The van der Waals surface area contributed by atoms with Crippen molar-refractivity contribution in [2.24, 2.45) is 16.7 Å². The van der Waals surface area contributed by atoms with Gasteiger partial charge in [-0.15, -0.1) is 0 Å². The molecule has 0 fully saturated rings. The first-order valence-corrected chi connectivity index (χ1v) is 13.9. The van der Waals surface area contributed by atoms with Crippen LogP contribution in [0.5, 0.6) is 0 Å². The fourth-order valence-corrected chi connectivity index (χ4v) is 7.77. The summed E-state index contributed by atoms with van der Waals surface area (Å²) in [7, 11) is 0. The number of hydrogen-bond acceptors (Lipinski definition) is 7. The molecule has 6 nitrogen and oxygen atoms in total. The summed E-state index contributed by atoms with van der Waals surface area (Å²) in [6, 6.07) is 8.31. The molecule has 0 aromatic heterocycles. The van der Waals surface area contributed by atoms with Crippen LogP contribution in [0, 0.1) is 41.9 Å². The molecule has 1 aliphatic heterocycles. The number of ether oxygens (including phenoxy) is 2. The quantitative estimate of drug-likeness (QED) is 0.575. The van der Waals surface area contributed by atoms with Gasteiger partial charge < -0.3 is 14.6 Å². The molecule has 194 valence electrons. The number of aliphatic hydroxyl groups excluding tert-OH is 1. The average Bonchev–Trinajstić information content (AvgIpc) is 3.46. The van der Waals surface area contributed by atoms with Crippen LogP contribution in [-0.4, -0.2) is 34.7 Å². The number of ketones is 1. The molecule has 4 atom stereocenters. The van der Waals surface area contributed by atoms with Gasteiger partial charge in [-0.2, -0.15) is 5.26 Å². The number of nitriles is 1. The van der Waals surface area contributed by atoms with E-state index in [0.29, 0.717) is 29.1 Å². The van der Waals surface area contributed by atoms with E-state index in [0.717, 1.165) is 45.2 Å². The molecule has 1 heterocycles. The molecule has 38 heavy (non-hydrogen) atoms. The SMILES string of the molecule is Cc1ccc(C2=C[C@@]3(C(=O)SCC#N)C(=CC(=O)C4=C[C@H](C)[C@@H](O)C[C@@]43C)C3=C2C2=C(C3)OCO2)c(C)c1. The van der Waals surface area contributed by atoms with Crippen LogP contribution in [0.25, 0.3) is 5.57 Å². The molecule has 4 aliphatic carbocycles. The van der Waals surface area contributed by atoms with Crippen LogP contribution in [0.3, 0.4) is 0 Å². The normalized spacial score (nSPS) is 31.2. The highest BCUT2D eigenvalue weighted by Gasteiger charge is 2.64. The molecule has 0 spiro atoms. The predicted octanol–water partition coefficient (Wildman–Crippen LogP) is 5.23. The Labute approximate surface area is 226 Å². The van der Waals surface area contributed by atoms with Crippen molar-refractivity contribution in [3.05, 3.63) is 86.9 Å². The highest BCUT2D eigenvalue weighted by atomic mass is 32.2. The molecule has 7 heteroatoms. The lowest BCUT2D eigenvalue weighted by Crippen LogP contribution is -2.55. The van der Waals surface area contributed by atoms with Gasteiger partial charge in [0.15, 0.2) is 11.5 Å². The number of nitrogens with zero attached hydrogens (tertiary/aromatic N) is 1. The Balaban J connectivity index is 1.70. The summed E-state index contributed by atoms with van der Waals surface area (Å²) in [5.74, 6) is 1.01. The van der Waals surface area contributed by atoms with E-state index in [9.17, 15) is 20.0 Å². The third-order valence-corrected chi connectivity index (χ3v) is 9.72. The lowest BCUT2D eigenvalue weighted by Gasteiger charge is -2.55. The zero-order valence-corrected chi connectivity index (χ0v) is 22.7. The molecular weight excluding hydrogens is 498 g/mol. The van der Waals surface area contributed by atoms with Crippen molar-refractivity contribution < 1.29 is 24.2 Å². The summed E-state index contributed by atoms with van der Waals surface area (Å²) in [4.78, 5) is 28.1. The van der Waals surface area contributed by atoms with Crippen molar-refractivity contribution in [1.29, 1.82) is 5.26 Å². The third kappa shape index (κ3) is 3.23. The van der Waals surface area contributed by atoms with Crippen molar-refractivity contribution in [3.63, 3.8) is 0 Å². The summed E-state index contributed by atoms with van der Waals surface area (Å²) in [6.45, 7) is 8.04. The average molecular weight is 528 g/mol. The minimum absolute atomic E-state index is 0.00446. The second-order valence-electron chi connectivity index (χ2n) is 11.1. The van der Waals surface area contributed by atoms with Gasteiger partial charge in [0.1, 0.15) is 5.76 Å². The second-order valence-corrected chi connectivity index (χ2v) is 12.0. The number of fused-ring (bicyclic) bond motifs is 5. The molecule has 0 saturated carbocycles. The van der Waals surface area contributed by atoms with Crippen molar-refractivity contribution in [3.8, 4) is 6.07 Å². The van der Waals surface area contributed by atoms with Crippen LogP contribution >= 0.6 is 11.8 Å². The number of aryl methyl sites for hydroxylation is 2. The van der Waals surface area contributed by atoms with E-state index in [1.165, 1.54) is 0 Å². The van der Waals surface area contributed by atoms with E-state index < -0.39 is 16.9 Å². The number of rotatable bonds is 3. The number of hydrogen-bond donors (Lipinski definition) is 1. The van der Waals surface area contributed by atoms with E-state index in [-0.39, 0.29) is 35.8 Å². The van der Waals surface area contributed by atoms with Gasteiger partial charge in [-0.3, -0.25) is 9.59 Å². The first-order valence-electron chi connectivity index (χ1n) is 12.9. The first kappa shape index (κ1) is 25.0. The molecule has 1 aromatic carbocycles. The zero-order valence-electron chi connectivity index (χ0n) is 21.9. The number of carbonyl (C=O) groups is 2. The molecular formula is C31H29NO5S. The number of benzene rings is 1. The molecule has 0 saturated heterocycles. The topological polar surface area (TPSA) is 96.6 Å². The molecule has 0 radical (unpaired) electrons. The van der Waals surface area contributed by atoms with Crippen LogP contribution in [-0.2, 0) is 19.1 Å². The van der Waals surface area contributed by atoms with Gasteiger partial charge in [0, 0.05) is 28.9 Å².